The summed E-state index contributed by atoms with van der Waals surface area (Å²) in [6, 6.07) is 6.24. The fourth-order valence-corrected chi connectivity index (χ4v) is 1.63. The van der Waals surface area contributed by atoms with E-state index < -0.39 is 0 Å². The topological polar surface area (TPSA) is 9.23 Å². The number of hydrogen-bond donors (Lipinski definition) is 0. The lowest BCUT2D eigenvalue weighted by molar-refractivity contribution is 0.414. The van der Waals surface area contributed by atoms with E-state index in [9.17, 15) is 0 Å². The third kappa shape index (κ3) is 2.28. The van der Waals surface area contributed by atoms with Crippen LogP contribution in [0.4, 0.5) is 0 Å². The minimum Gasteiger partial charge on any atom is -0.497 e. The largest absolute Gasteiger partial charge is 0.497 e. The highest BCUT2D eigenvalue weighted by molar-refractivity contribution is 5.39. The maximum Gasteiger partial charge on any atom is 0.119 e. The monoisotopic (exact) mass is 191 g/mol. The normalized spacial score (nSPS) is 11.1. The predicted molar refractivity (Wildman–Crippen MR) is 60.9 cm³/mol. The van der Waals surface area contributed by atoms with E-state index in [0.717, 1.165) is 5.75 Å². The van der Waals surface area contributed by atoms with Gasteiger partial charge in [0.15, 0.2) is 0 Å². The smallest absolute Gasteiger partial charge is 0.119 e. The van der Waals surface area contributed by atoms with Crippen molar-refractivity contribution in [2.45, 2.75) is 32.6 Å². The Labute approximate surface area is 87.1 Å². The van der Waals surface area contributed by atoms with E-state index >= 15 is 0 Å². The fourth-order valence-electron chi connectivity index (χ4n) is 1.63. The second kappa shape index (κ2) is 4.50. The van der Waals surface area contributed by atoms with Crippen LogP contribution in [-0.4, -0.2) is 7.11 Å². The molecule has 1 rings (SSSR count). The van der Waals surface area contributed by atoms with E-state index in [1.165, 1.54) is 11.1 Å². The van der Waals surface area contributed by atoms with Crippen molar-refractivity contribution in [3.8, 4) is 5.75 Å². The molecule has 1 nitrogen and oxygen atoms in total. The highest BCUT2D eigenvalue weighted by Gasteiger charge is 2.10. The number of methoxy groups -OCH3 is 1. The Morgan fingerprint density at radius 3 is 2.21 bits per heavy atom. The number of rotatable bonds is 3. The van der Waals surface area contributed by atoms with E-state index in [0.29, 0.717) is 11.8 Å². The summed E-state index contributed by atoms with van der Waals surface area (Å²) < 4.78 is 5.21. The molecule has 0 aliphatic carbocycles. The second-order valence-electron chi connectivity index (χ2n) is 4.05. The van der Waals surface area contributed by atoms with E-state index in [4.69, 9.17) is 4.74 Å². The zero-order valence-corrected chi connectivity index (χ0v) is 9.50. The number of benzene rings is 1. The van der Waals surface area contributed by atoms with Gasteiger partial charge in [-0.2, -0.15) is 0 Å². The Kier molecular flexibility index (Phi) is 3.56. The Balaban J connectivity index is 3.17. The number of hydrogen-bond acceptors (Lipinski definition) is 1. The molecule has 14 heavy (non-hydrogen) atoms. The molecular weight excluding hydrogens is 172 g/mol. The van der Waals surface area contributed by atoms with Crippen molar-refractivity contribution in [1.82, 2.24) is 0 Å². The van der Waals surface area contributed by atoms with E-state index in [-0.39, 0.29) is 0 Å². The zero-order chi connectivity index (χ0) is 10.7. The summed E-state index contributed by atoms with van der Waals surface area (Å²) in [5.41, 5.74) is 2.66. The standard InChI is InChI=1S/C13H19O/c1-9(2)12-7-6-11(14-5)8-13(12)10(3)4/h6-10H,3H2,1-2,4-5H3. The summed E-state index contributed by atoms with van der Waals surface area (Å²) in [5.74, 6) is 1.77. The van der Waals surface area contributed by atoms with Gasteiger partial charge in [-0.3, -0.25) is 0 Å². The van der Waals surface area contributed by atoms with Crippen LogP contribution in [-0.2, 0) is 0 Å². The van der Waals surface area contributed by atoms with Crippen molar-refractivity contribution in [3.63, 3.8) is 0 Å². The van der Waals surface area contributed by atoms with Crippen LogP contribution in [0.1, 0.15) is 43.7 Å². The first-order chi connectivity index (χ1) is 6.56. The van der Waals surface area contributed by atoms with Gasteiger partial charge in [-0.05, 0) is 42.0 Å². The summed E-state index contributed by atoms with van der Waals surface area (Å²) in [4.78, 5) is 0. The summed E-state index contributed by atoms with van der Waals surface area (Å²) >= 11 is 0. The number of ether oxygens (including phenoxy) is 1. The minimum absolute atomic E-state index is 0.308. The molecule has 0 saturated carbocycles. The second-order valence-corrected chi connectivity index (χ2v) is 4.05. The SMILES string of the molecule is [CH2]C(C)c1cc(OC)ccc1C(C)C. The Hall–Kier alpha value is -0.980. The Morgan fingerprint density at radius 2 is 1.79 bits per heavy atom. The van der Waals surface area contributed by atoms with Gasteiger partial charge in [0.1, 0.15) is 5.75 Å². The molecule has 1 atom stereocenters. The lowest BCUT2D eigenvalue weighted by atomic mass is 9.90. The average molecular weight is 191 g/mol. The molecular formula is C13H19O. The summed E-state index contributed by atoms with van der Waals surface area (Å²) in [7, 11) is 1.70. The molecule has 0 spiro atoms. The lowest BCUT2D eigenvalue weighted by Gasteiger charge is -2.16. The zero-order valence-electron chi connectivity index (χ0n) is 9.50. The molecule has 1 heteroatoms. The molecule has 0 saturated heterocycles. The molecule has 0 amide bonds. The van der Waals surface area contributed by atoms with E-state index in [2.05, 4.69) is 39.8 Å². The van der Waals surface area contributed by atoms with Crippen molar-refractivity contribution >= 4 is 0 Å². The van der Waals surface area contributed by atoms with Gasteiger partial charge in [0.05, 0.1) is 7.11 Å². The Morgan fingerprint density at radius 1 is 1.14 bits per heavy atom. The lowest BCUT2D eigenvalue weighted by Crippen LogP contribution is -1.99. The molecule has 0 heterocycles. The quantitative estimate of drug-likeness (QED) is 0.707. The van der Waals surface area contributed by atoms with Gasteiger partial charge in [-0.15, -0.1) is 0 Å². The summed E-state index contributed by atoms with van der Waals surface area (Å²) in [6.07, 6.45) is 0. The van der Waals surface area contributed by atoms with Crippen molar-refractivity contribution in [2.24, 2.45) is 0 Å². The van der Waals surface area contributed by atoms with Crippen LogP contribution in [0.2, 0.25) is 0 Å². The van der Waals surface area contributed by atoms with Crippen LogP contribution in [0, 0.1) is 6.92 Å². The van der Waals surface area contributed by atoms with Gasteiger partial charge in [-0.1, -0.05) is 26.8 Å². The molecule has 0 aliphatic rings. The van der Waals surface area contributed by atoms with Gasteiger partial charge >= 0.3 is 0 Å². The Bertz CT molecular complexity index is 300. The molecule has 1 aromatic rings. The van der Waals surface area contributed by atoms with Crippen molar-refractivity contribution < 1.29 is 4.74 Å². The van der Waals surface area contributed by atoms with E-state index in [1.54, 1.807) is 7.11 Å². The first kappa shape index (κ1) is 11.1. The van der Waals surface area contributed by atoms with Gasteiger partial charge in [-0.25, -0.2) is 0 Å². The van der Waals surface area contributed by atoms with Crippen LogP contribution in [0.15, 0.2) is 18.2 Å². The van der Waals surface area contributed by atoms with Crippen LogP contribution in [0.3, 0.4) is 0 Å². The van der Waals surface area contributed by atoms with Crippen LogP contribution >= 0.6 is 0 Å². The van der Waals surface area contributed by atoms with Crippen LogP contribution < -0.4 is 4.74 Å². The molecule has 77 valence electrons. The first-order valence-corrected chi connectivity index (χ1v) is 5.07. The molecule has 0 aromatic heterocycles. The third-order valence-electron chi connectivity index (χ3n) is 2.45. The maximum atomic E-state index is 5.21. The predicted octanol–water partition coefficient (Wildman–Crippen LogP) is 3.76. The van der Waals surface area contributed by atoms with Crippen molar-refractivity contribution in [3.05, 3.63) is 36.2 Å². The van der Waals surface area contributed by atoms with Crippen molar-refractivity contribution in [1.29, 1.82) is 0 Å². The average Bonchev–Trinajstić information content (AvgIpc) is 2.16. The summed E-state index contributed by atoms with van der Waals surface area (Å²) in [6.45, 7) is 10.6. The molecule has 0 fully saturated rings. The molecule has 1 radical (unpaired) electrons. The van der Waals surface area contributed by atoms with Crippen LogP contribution in [0.5, 0.6) is 5.75 Å². The molecule has 0 N–H and O–H groups in total. The fraction of sp³-hybridized carbons (Fsp3) is 0.462. The first-order valence-electron chi connectivity index (χ1n) is 5.07. The molecule has 1 unspecified atom stereocenters. The molecule has 1 aromatic carbocycles. The minimum atomic E-state index is 0.308. The van der Waals surface area contributed by atoms with Gasteiger partial charge in [0.2, 0.25) is 0 Å². The summed E-state index contributed by atoms with van der Waals surface area (Å²) in [5, 5.41) is 0. The third-order valence-corrected chi connectivity index (χ3v) is 2.45. The van der Waals surface area contributed by atoms with Gasteiger partial charge in [0, 0.05) is 0 Å². The molecule has 0 aliphatic heterocycles. The maximum absolute atomic E-state index is 5.21. The van der Waals surface area contributed by atoms with E-state index in [1.807, 2.05) is 6.07 Å². The van der Waals surface area contributed by atoms with Gasteiger partial charge < -0.3 is 4.74 Å². The van der Waals surface area contributed by atoms with Crippen LogP contribution in [0.25, 0.3) is 0 Å². The highest BCUT2D eigenvalue weighted by atomic mass is 16.5. The molecule has 0 bridgehead atoms. The highest BCUT2D eigenvalue weighted by Crippen LogP contribution is 2.29. The van der Waals surface area contributed by atoms with Gasteiger partial charge in [0.25, 0.3) is 0 Å². The van der Waals surface area contributed by atoms with Crippen molar-refractivity contribution in [2.75, 3.05) is 7.11 Å².